The number of aryl methyl sites for hydroxylation is 2. The fourth-order valence-electron chi connectivity index (χ4n) is 3.46. The minimum atomic E-state index is 0.0544. The van der Waals surface area contributed by atoms with Crippen LogP contribution in [-0.2, 0) is 6.54 Å². The highest BCUT2D eigenvalue weighted by atomic mass is 79.9. The largest absolute Gasteiger partial charge is 0.493 e. The number of azo groups is 1. The molecule has 0 aliphatic rings. The summed E-state index contributed by atoms with van der Waals surface area (Å²) in [6, 6.07) is 21.8. The summed E-state index contributed by atoms with van der Waals surface area (Å²) in [5, 5.41) is 23.6. The van der Waals surface area contributed by atoms with Gasteiger partial charge in [-0.3, -0.25) is 0 Å². The number of aromatic nitrogens is 1. The van der Waals surface area contributed by atoms with E-state index >= 15 is 0 Å². The maximum absolute atomic E-state index is 11.0. The first-order chi connectivity index (χ1) is 14.9. The number of fused-ring (bicyclic) bond motifs is 1. The maximum atomic E-state index is 11.0. The van der Waals surface area contributed by atoms with Crippen molar-refractivity contribution in [3.05, 3.63) is 87.9 Å². The number of halogens is 1. The molecule has 5 nitrogen and oxygen atoms in total. The van der Waals surface area contributed by atoms with Crippen LogP contribution in [0.15, 0.2) is 81.4 Å². The van der Waals surface area contributed by atoms with E-state index in [2.05, 4.69) is 50.5 Å². The van der Waals surface area contributed by atoms with Crippen molar-refractivity contribution in [2.45, 2.75) is 20.4 Å². The van der Waals surface area contributed by atoms with Crippen molar-refractivity contribution in [2.24, 2.45) is 10.2 Å². The van der Waals surface area contributed by atoms with Gasteiger partial charge in [0.25, 0.3) is 0 Å². The van der Waals surface area contributed by atoms with Crippen molar-refractivity contribution in [3.63, 3.8) is 0 Å². The minimum Gasteiger partial charge on any atom is -0.493 e. The Bertz CT molecular complexity index is 1310. The van der Waals surface area contributed by atoms with Gasteiger partial charge in [-0.2, -0.15) is 0 Å². The molecular formula is C24H21BrN4OS. The fourth-order valence-corrected chi connectivity index (χ4v) is 3.97. The summed E-state index contributed by atoms with van der Waals surface area (Å²) in [4.78, 5) is 0. The van der Waals surface area contributed by atoms with Gasteiger partial charge < -0.3 is 15.0 Å². The average molecular weight is 493 g/mol. The highest BCUT2D eigenvalue weighted by Gasteiger charge is 2.18. The quantitative estimate of drug-likeness (QED) is 0.232. The fraction of sp³-hybridized carbons (Fsp3) is 0.125. The Balaban J connectivity index is 1.70. The van der Waals surface area contributed by atoms with Crippen LogP contribution in [0.4, 0.5) is 11.4 Å². The maximum Gasteiger partial charge on any atom is 0.221 e. The van der Waals surface area contributed by atoms with E-state index in [9.17, 15) is 5.11 Å². The third-order valence-corrected chi connectivity index (χ3v) is 5.87. The molecule has 0 radical (unpaired) electrons. The molecule has 0 spiro atoms. The molecule has 0 unspecified atom stereocenters. The standard InChI is InChI=1S/C24H21BrN4OS/c1-15-7-3-5-9-17(15)14-29-21-12-11-18(25)13-19(21)22(23(29)30)27-28-24(31)26-20-10-6-4-8-16(20)2/h3-13,30H,14H2,1-2H3,(H,26,31). The minimum absolute atomic E-state index is 0.0544. The van der Waals surface area contributed by atoms with Crippen LogP contribution >= 0.6 is 28.1 Å². The van der Waals surface area contributed by atoms with E-state index in [1.165, 1.54) is 0 Å². The lowest BCUT2D eigenvalue weighted by atomic mass is 10.1. The summed E-state index contributed by atoms with van der Waals surface area (Å²) in [6.07, 6.45) is 0. The lowest BCUT2D eigenvalue weighted by molar-refractivity contribution is 0.429. The summed E-state index contributed by atoms with van der Waals surface area (Å²) >= 11 is 8.86. The Morgan fingerprint density at radius 2 is 1.74 bits per heavy atom. The summed E-state index contributed by atoms with van der Waals surface area (Å²) in [5.74, 6) is 0.0544. The van der Waals surface area contributed by atoms with Gasteiger partial charge in [0.15, 0.2) is 5.69 Å². The second-order valence-electron chi connectivity index (χ2n) is 7.29. The van der Waals surface area contributed by atoms with Gasteiger partial charge in [-0.1, -0.05) is 58.4 Å². The average Bonchev–Trinajstić information content (AvgIpc) is 3.00. The smallest absolute Gasteiger partial charge is 0.221 e. The number of anilines is 1. The Hall–Kier alpha value is -3.03. The highest BCUT2D eigenvalue weighted by Crippen LogP contribution is 2.40. The molecule has 0 aliphatic heterocycles. The van der Waals surface area contributed by atoms with E-state index < -0.39 is 0 Å². The topological polar surface area (TPSA) is 61.9 Å². The first-order valence-corrected chi connectivity index (χ1v) is 11.0. The van der Waals surface area contributed by atoms with Gasteiger partial charge in [-0.15, -0.1) is 10.2 Å². The van der Waals surface area contributed by atoms with Crippen molar-refractivity contribution < 1.29 is 5.11 Å². The lowest BCUT2D eigenvalue weighted by Crippen LogP contribution is -2.06. The molecule has 31 heavy (non-hydrogen) atoms. The molecule has 0 aliphatic carbocycles. The summed E-state index contributed by atoms with van der Waals surface area (Å²) in [6.45, 7) is 4.58. The molecule has 1 heterocycles. The van der Waals surface area contributed by atoms with Crippen LogP contribution in [0.25, 0.3) is 10.9 Å². The molecule has 1 aromatic heterocycles. The zero-order valence-corrected chi connectivity index (χ0v) is 19.5. The summed E-state index contributed by atoms with van der Waals surface area (Å²) < 4.78 is 2.74. The van der Waals surface area contributed by atoms with Crippen molar-refractivity contribution in [1.82, 2.24) is 4.57 Å². The van der Waals surface area contributed by atoms with Crippen LogP contribution in [0.1, 0.15) is 16.7 Å². The molecule has 156 valence electrons. The van der Waals surface area contributed by atoms with Crippen molar-refractivity contribution in [2.75, 3.05) is 5.32 Å². The number of benzene rings is 3. The number of hydrogen-bond acceptors (Lipinski definition) is 3. The second-order valence-corrected chi connectivity index (χ2v) is 8.59. The van der Waals surface area contributed by atoms with Crippen LogP contribution in [0, 0.1) is 13.8 Å². The molecule has 0 saturated carbocycles. The van der Waals surface area contributed by atoms with Gasteiger partial charge in [0.1, 0.15) is 0 Å². The molecular weight excluding hydrogens is 472 g/mol. The van der Waals surface area contributed by atoms with E-state index in [1.807, 2.05) is 66.1 Å². The zero-order chi connectivity index (χ0) is 22.0. The predicted octanol–water partition coefficient (Wildman–Crippen LogP) is 7.26. The Morgan fingerprint density at radius 1 is 1.03 bits per heavy atom. The van der Waals surface area contributed by atoms with Crippen molar-refractivity contribution in [1.29, 1.82) is 0 Å². The third-order valence-electron chi connectivity index (χ3n) is 5.19. The predicted molar refractivity (Wildman–Crippen MR) is 133 cm³/mol. The Morgan fingerprint density at radius 3 is 2.48 bits per heavy atom. The molecule has 0 saturated heterocycles. The van der Waals surface area contributed by atoms with Crippen LogP contribution in [-0.4, -0.2) is 14.8 Å². The molecule has 0 atom stereocenters. The Labute approximate surface area is 194 Å². The lowest BCUT2D eigenvalue weighted by Gasteiger charge is -2.09. The van der Waals surface area contributed by atoms with Crippen LogP contribution < -0.4 is 5.32 Å². The molecule has 7 heteroatoms. The van der Waals surface area contributed by atoms with E-state index in [0.29, 0.717) is 12.2 Å². The van der Waals surface area contributed by atoms with E-state index in [-0.39, 0.29) is 11.0 Å². The van der Waals surface area contributed by atoms with Gasteiger partial charge in [-0.05, 0) is 67.0 Å². The van der Waals surface area contributed by atoms with Crippen LogP contribution in [0.3, 0.4) is 0 Å². The number of aromatic hydroxyl groups is 1. The van der Waals surface area contributed by atoms with E-state index in [1.54, 1.807) is 0 Å². The number of thiocarbonyl (C=S) groups is 1. The molecule has 4 rings (SSSR count). The van der Waals surface area contributed by atoms with Gasteiger partial charge in [0.2, 0.25) is 11.0 Å². The molecule has 0 amide bonds. The third kappa shape index (κ3) is 4.52. The van der Waals surface area contributed by atoms with Crippen molar-refractivity contribution in [3.8, 4) is 5.88 Å². The number of para-hydroxylation sites is 1. The molecule has 4 aromatic rings. The van der Waals surface area contributed by atoms with Crippen LogP contribution in [0.2, 0.25) is 0 Å². The number of rotatable bonds is 4. The molecule has 3 aromatic carbocycles. The highest BCUT2D eigenvalue weighted by molar-refractivity contribution is 9.10. The first kappa shape index (κ1) is 21.2. The molecule has 0 fully saturated rings. The van der Waals surface area contributed by atoms with Gasteiger partial charge in [0.05, 0.1) is 12.1 Å². The number of nitrogens with zero attached hydrogens (tertiary/aromatic N) is 3. The van der Waals surface area contributed by atoms with Gasteiger partial charge in [0, 0.05) is 15.5 Å². The normalized spacial score (nSPS) is 11.3. The van der Waals surface area contributed by atoms with Crippen molar-refractivity contribution >= 4 is 55.5 Å². The zero-order valence-electron chi connectivity index (χ0n) is 17.1. The van der Waals surface area contributed by atoms with Gasteiger partial charge >= 0.3 is 0 Å². The summed E-state index contributed by atoms with van der Waals surface area (Å²) in [7, 11) is 0. The SMILES string of the molecule is Cc1ccccc1Cn1c(O)c(N=NC(=S)Nc2ccccc2C)c2cc(Br)ccc21. The Kier molecular flexibility index (Phi) is 6.15. The molecule has 0 bridgehead atoms. The summed E-state index contributed by atoms with van der Waals surface area (Å²) in [5.41, 5.74) is 5.47. The first-order valence-electron chi connectivity index (χ1n) is 9.77. The number of hydrogen-bond donors (Lipinski definition) is 2. The molecule has 2 N–H and O–H groups in total. The monoisotopic (exact) mass is 492 g/mol. The van der Waals surface area contributed by atoms with Crippen LogP contribution in [0.5, 0.6) is 5.88 Å². The second kappa shape index (κ2) is 8.99. The van der Waals surface area contributed by atoms with E-state index in [4.69, 9.17) is 12.2 Å². The van der Waals surface area contributed by atoms with Gasteiger partial charge in [-0.25, -0.2) is 0 Å². The number of nitrogens with one attached hydrogen (secondary N) is 1. The van der Waals surface area contributed by atoms with E-state index in [0.717, 1.165) is 37.8 Å².